The average Bonchev–Trinajstić information content (AvgIpc) is 2.39. The molecule has 0 aliphatic rings. The molecular weight excluding hydrogens is 252 g/mol. The van der Waals surface area contributed by atoms with Gasteiger partial charge in [0.2, 0.25) is 0 Å². The van der Waals surface area contributed by atoms with Crippen molar-refractivity contribution in [2.24, 2.45) is 0 Å². The topological polar surface area (TPSA) is 104 Å². The highest BCUT2D eigenvalue weighted by Crippen LogP contribution is 2.09. The second kappa shape index (κ2) is 9.07. The lowest BCUT2D eigenvalue weighted by Crippen LogP contribution is -2.11. The van der Waals surface area contributed by atoms with Crippen molar-refractivity contribution in [2.75, 3.05) is 13.2 Å². The summed E-state index contributed by atoms with van der Waals surface area (Å²) in [5.41, 5.74) is 0.0489. The number of benzene rings is 1. The molecule has 6 nitrogen and oxygen atoms in total. The van der Waals surface area contributed by atoms with Gasteiger partial charge in [0, 0.05) is 0 Å². The molecule has 0 amide bonds. The van der Waals surface area contributed by atoms with Gasteiger partial charge in [0.05, 0.1) is 30.4 Å². The van der Waals surface area contributed by atoms with Crippen LogP contribution in [0.15, 0.2) is 24.3 Å². The number of aromatic carboxylic acids is 1. The number of aliphatic hydroxyl groups excluding tert-OH is 2. The summed E-state index contributed by atoms with van der Waals surface area (Å²) in [6.07, 6.45) is -0.560. The minimum atomic E-state index is -1.13. The van der Waals surface area contributed by atoms with Crippen molar-refractivity contribution in [3.8, 4) is 0 Å². The van der Waals surface area contributed by atoms with Gasteiger partial charge in [-0.2, -0.15) is 0 Å². The number of carbonyl (C=O) groups is 2. The van der Waals surface area contributed by atoms with Crippen LogP contribution in [0.2, 0.25) is 0 Å². The monoisotopic (exact) mass is 270 g/mol. The molecule has 0 saturated carbocycles. The SMILES string of the molecule is CC(O)CO.CCOC(=O)c1ccccc1C(=O)O. The van der Waals surface area contributed by atoms with Gasteiger partial charge in [-0.1, -0.05) is 12.1 Å². The number of hydrogen-bond acceptors (Lipinski definition) is 5. The summed E-state index contributed by atoms with van der Waals surface area (Å²) in [6.45, 7) is 3.29. The number of aliphatic hydroxyl groups is 2. The predicted octanol–water partition coefficient (Wildman–Crippen LogP) is 0.921. The minimum Gasteiger partial charge on any atom is -0.478 e. The normalized spacial score (nSPS) is 10.9. The number of carboxylic acids is 1. The first-order valence-electron chi connectivity index (χ1n) is 5.72. The highest BCUT2D eigenvalue weighted by molar-refractivity contribution is 6.02. The Morgan fingerprint density at radius 2 is 1.74 bits per heavy atom. The second-order valence-corrected chi connectivity index (χ2v) is 3.60. The summed E-state index contributed by atoms with van der Waals surface area (Å²) in [7, 11) is 0. The molecule has 19 heavy (non-hydrogen) atoms. The molecular formula is C13H18O6. The Morgan fingerprint density at radius 1 is 1.26 bits per heavy atom. The fourth-order valence-electron chi connectivity index (χ4n) is 1.06. The second-order valence-electron chi connectivity index (χ2n) is 3.60. The summed E-state index contributed by atoms with van der Waals surface area (Å²) >= 11 is 0. The molecule has 1 unspecified atom stereocenters. The van der Waals surface area contributed by atoms with E-state index in [1.165, 1.54) is 19.1 Å². The Hall–Kier alpha value is -1.92. The van der Waals surface area contributed by atoms with Gasteiger partial charge in [0.25, 0.3) is 0 Å². The van der Waals surface area contributed by atoms with E-state index in [1.807, 2.05) is 0 Å². The van der Waals surface area contributed by atoms with Crippen molar-refractivity contribution in [1.29, 1.82) is 0 Å². The summed E-state index contributed by atoms with van der Waals surface area (Å²) in [5, 5.41) is 24.8. The zero-order valence-electron chi connectivity index (χ0n) is 10.9. The maximum Gasteiger partial charge on any atom is 0.338 e. The lowest BCUT2D eigenvalue weighted by molar-refractivity contribution is 0.0514. The summed E-state index contributed by atoms with van der Waals surface area (Å²) in [5.74, 6) is -1.74. The first kappa shape index (κ1) is 17.1. The van der Waals surface area contributed by atoms with Crippen LogP contribution in [0.3, 0.4) is 0 Å². The fourth-order valence-corrected chi connectivity index (χ4v) is 1.06. The molecule has 0 fully saturated rings. The van der Waals surface area contributed by atoms with Crippen molar-refractivity contribution >= 4 is 11.9 Å². The van der Waals surface area contributed by atoms with Gasteiger partial charge in [0.1, 0.15) is 0 Å². The number of rotatable bonds is 4. The Labute approximate surface area is 111 Å². The molecule has 1 aromatic carbocycles. The highest BCUT2D eigenvalue weighted by Gasteiger charge is 2.15. The molecule has 0 spiro atoms. The first-order chi connectivity index (χ1) is 8.93. The van der Waals surface area contributed by atoms with Crippen LogP contribution in [-0.2, 0) is 4.74 Å². The standard InChI is InChI=1S/C10H10O4.C3H8O2/c1-2-14-10(13)8-6-4-3-5-7(8)9(11)12;1-3(5)2-4/h3-6H,2H2,1H3,(H,11,12);3-5H,2H2,1H3. The molecule has 0 aliphatic heterocycles. The summed E-state index contributed by atoms with van der Waals surface area (Å²) < 4.78 is 4.72. The molecule has 6 heteroatoms. The molecule has 1 atom stereocenters. The number of esters is 1. The zero-order valence-corrected chi connectivity index (χ0v) is 10.9. The molecule has 0 radical (unpaired) electrons. The van der Waals surface area contributed by atoms with E-state index in [0.29, 0.717) is 0 Å². The van der Waals surface area contributed by atoms with Crippen LogP contribution in [0.5, 0.6) is 0 Å². The van der Waals surface area contributed by atoms with Gasteiger partial charge >= 0.3 is 11.9 Å². The summed E-state index contributed by atoms with van der Waals surface area (Å²) in [6, 6.07) is 5.96. The number of hydrogen-bond donors (Lipinski definition) is 3. The van der Waals surface area contributed by atoms with Crippen LogP contribution in [0.1, 0.15) is 34.6 Å². The molecule has 0 bridgehead atoms. The highest BCUT2D eigenvalue weighted by atomic mass is 16.5. The molecule has 3 N–H and O–H groups in total. The lowest BCUT2D eigenvalue weighted by Gasteiger charge is -2.04. The van der Waals surface area contributed by atoms with Gasteiger partial charge in [-0.3, -0.25) is 0 Å². The fraction of sp³-hybridized carbons (Fsp3) is 0.385. The Morgan fingerprint density at radius 3 is 2.11 bits per heavy atom. The number of ether oxygens (including phenoxy) is 1. The van der Waals surface area contributed by atoms with Gasteiger partial charge in [-0.25, -0.2) is 9.59 Å². The lowest BCUT2D eigenvalue weighted by atomic mass is 10.1. The van der Waals surface area contributed by atoms with Crippen molar-refractivity contribution in [1.82, 2.24) is 0 Å². The number of carbonyl (C=O) groups excluding carboxylic acids is 1. The van der Waals surface area contributed by atoms with Crippen LogP contribution in [0, 0.1) is 0 Å². The van der Waals surface area contributed by atoms with Crippen LogP contribution < -0.4 is 0 Å². The van der Waals surface area contributed by atoms with Crippen molar-refractivity contribution < 1.29 is 29.6 Å². The van der Waals surface area contributed by atoms with Crippen LogP contribution in [0.4, 0.5) is 0 Å². The third-order valence-electron chi connectivity index (χ3n) is 1.92. The van der Waals surface area contributed by atoms with E-state index >= 15 is 0 Å². The van der Waals surface area contributed by atoms with Crippen LogP contribution in [-0.4, -0.2) is 46.6 Å². The van der Waals surface area contributed by atoms with Crippen LogP contribution >= 0.6 is 0 Å². The van der Waals surface area contributed by atoms with Crippen molar-refractivity contribution in [2.45, 2.75) is 20.0 Å². The van der Waals surface area contributed by atoms with E-state index in [2.05, 4.69) is 0 Å². The van der Waals surface area contributed by atoms with Gasteiger partial charge in [-0.05, 0) is 26.0 Å². The third-order valence-corrected chi connectivity index (χ3v) is 1.92. The van der Waals surface area contributed by atoms with E-state index in [0.717, 1.165) is 0 Å². The zero-order chi connectivity index (χ0) is 14.8. The molecule has 1 rings (SSSR count). The molecule has 0 aromatic heterocycles. The molecule has 106 valence electrons. The summed E-state index contributed by atoms with van der Waals surface area (Å²) in [4.78, 5) is 22.0. The van der Waals surface area contributed by atoms with Crippen molar-refractivity contribution in [3.05, 3.63) is 35.4 Å². The van der Waals surface area contributed by atoms with E-state index in [1.54, 1.807) is 19.1 Å². The maximum absolute atomic E-state index is 11.3. The predicted molar refractivity (Wildman–Crippen MR) is 68.1 cm³/mol. The van der Waals surface area contributed by atoms with Gasteiger partial charge < -0.3 is 20.1 Å². The molecule has 0 saturated heterocycles. The Bertz CT molecular complexity index is 413. The molecule has 0 heterocycles. The van der Waals surface area contributed by atoms with E-state index in [9.17, 15) is 9.59 Å². The van der Waals surface area contributed by atoms with E-state index < -0.39 is 18.0 Å². The van der Waals surface area contributed by atoms with Gasteiger partial charge in [0.15, 0.2) is 0 Å². The Balaban J connectivity index is 0.000000555. The van der Waals surface area contributed by atoms with E-state index in [-0.39, 0.29) is 24.3 Å². The smallest absolute Gasteiger partial charge is 0.338 e. The quantitative estimate of drug-likeness (QED) is 0.703. The molecule has 1 aromatic rings. The van der Waals surface area contributed by atoms with E-state index in [4.69, 9.17) is 20.1 Å². The largest absolute Gasteiger partial charge is 0.478 e. The Kier molecular flexibility index (Phi) is 8.15. The van der Waals surface area contributed by atoms with Gasteiger partial charge in [-0.15, -0.1) is 0 Å². The van der Waals surface area contributed by atoms with Crippen LogP contribution in [0.25, 0.3) is 0 Å². The molecule has 0 aliphatic carbocycles. The average molecular weight is 270 g/mol. The number of carboxylic acid groups (broad SMARTS) is 1. The van der Waals surface area contributed by atoms with Crippen molar-refractivity contribution in [3.63, 3.8) is 0 Å². The minimum absolute atomic E-state index is 0.0362. The third kappa shape index (κ3) is 6.54. The maximum atomic E-state index is 11.3. The first-order valence-corrected chi connectivity index (χ1v) is 5.72.